The molecule has 1 unspecified atom stereocenters. The van der Waals surface area contributed by atoms with E-state index in [2.05, 4.69) is 10.6 Å². The number of ether oxygens (including phenoxy) is 1. The summed E-state index contributed by atoms with van der Waals surface area (Å²) in [6.45, 7) is 1.88. The SMILES string of the molecule is COc1cc(C(=O)NC2CCC(=O)NC2=O)ccc1C. The van der Waals surface area contributed by atoms with Crippen LogP contribution in [0.3, 0.4) is 0 Å². The summed E-state index contributed by atoms with van der Waals surface area (Å²) in [5.74, 6) is -0.523. The summed E-state index contributed by atoms with van der Waals surface area (Å²) < 4.78 is 5.16. The third-order valence-corrected chi connectivity index (χ3v) is 3.21. The van der Waals surface area contributed by atoms with E-state index in [4.69, 9.17) is 4.74 Å². The highest BCUT2D eigenvalue weighted by Gasteiger charge is 2.28. The van der Waals surface area contributed by atoms with Crippen molar-refractivity contribution in [3.8, 4) is 5.75 Å². The molecule has 2 N–H and O–H groups in total. The van der Waals surface area contributed by atoms with Crippen molar-refractivity contribution in [1.82, 2.24) is 10.6 Å². The van der Waals surface area contributed by atoms with Gasteiger partial charge in [0.25, 0.3) is 5.91 Å². The minimum atomic E-state index is -0.674. The smallest absolute Gasteiger partial charge is 0.252 e. The third-order valence-electron chi connectivity index (χ3n) is 3.21. The summed E-state index contributed by atoms with van der Waals surface area (Å²) in [5, 5.41) is 4.82. The molecule has 0 aromatic heterocycles. The van der Waals surface area contributed by atoms with Crippen LogP contribution in [-0.2, 0) is 9.59 Å². The summed E-state index contributed by atoms with van der Waals surface area (Å²) in [6, 6.07) is 4.39. The highest BCUT2D eigenvalue weighted by atomic mass is 16.5. The van der Waals surface area contributed by atoms with Gasteiger partial charge in [0.2, 0.25) is 11.8 Å². The van der Waals surface area contributed by atoms with Crippen LogP contribution in [0.2, 0.25) is 0 Å². The lowest BCUT2D eigenvalue weighted by molar-refractivity contribution is -0.134. The zero-order valence-corrected chi connectivity index (χ0v) is 11.4. The fraction of sp³-hybridized carbons (Fsp3) is 0.357. The minimum absolute atomic E-state index is 0.230. The maximum atomic E-state index is 12.1. The maximum absolute atomic E-state index is 12.1. The van der Waals surface area contributed by atoms with Crippen molar-refractivity contribution in [1.29, 1.82) is 0 Å². The summed E-state index contributed by atoms with van der Waals surface area (Å²) in [6.07, 6.45) is 0.549. The van der Waals surface area contributed by atoms with Crippen molar-refractivity contribution < 1.29 is 19.1 Å². The summed E-state index contributed by atoms with van der Waals surface area (Å²) in [4.78, 5) is 34.7. The van der Waals surface area contributed by atoms with Crippen molar-refractivity contribution in [2.24, 2.45) is 0 Å². The number of imide groups is 1. The van der Waals surface area contributed by atoms with Crippen molar-refractivity contribution in [3.05, 3.63) is 29.3 Å². The van der Waals surface area contributed by atoms with Crippen molar-refractivity contribution in [3.63, 3.8) is 0 Å². The maximum Gasteiger partial charge on any atom is 0.252 e. The predicted octanol–water partition coefficient (Wildman–Crippen LogP) is 0.539. The number of rotatable bonds is 3. The molecule has 1 atom stereocenters. The zero-order valence-electron chi connectivity index (χ0n) is 11.4. The van der Waals surface area contributed by atoms with Gasteiger partial charge in [-0.1, -0.05) is 6.07 Å². The van der Waals surface area contributed by atoms with Crippen LogP contribution in [0.5, 0.6) is 5.75 Å². The lowest BCUT2D eigenvalue weighted by Gasteiger charge is -2.21. The minimum Gasteiger partial charge on any atom is -0.496 e. The average molecular weight is 276 g/mol. The molecule has 1 heterocycles. The number of nitrogens with one attached hydrogen (secondary N) is 2. The number of carbonyl (C=O) groups excluding carboxylic acids is 3. The molecule has 0 aliphatic carbocycles. The number of benzene rings is 1. The summed E-state index contributed by atoms with van der Waals surface area (Å²) in [5.41, 5.74) is 1.34. The second-order valence-electron chi connectivity index (χ2n) is 4.66. The Bertz CT molecular complexity index is 568. The molecule has 0 spiro atoms. The van der Waals surface area contributed by atoms with E-state index in [9.17, 15) is 14.4 Å². The van der Waals surface area contributed by atoms with Crippen LogP contribution < -0.4 is 15.4 Å². The standard InChI is InChI=1S/C14H16N2O4/c1-8-3-4-9(7-11(8)20-2)13(18)15-10-5-6-12(17)16-14(10)19/h3-4,7,10H,5-6H2,1-2H3,(H,15,18)(H,16,17,19). The molecule has 1 aliphatic rings. The van der Waals surface area contributed by atoms with Crippen LogP contribution in [0.4, 0.5) is 0 Å². The molecule has 0 saturated carbocycles. The van der Waals surface area contributed by atoms with E-state index >= 15 is 0 Å². The van der Waals surface area contributed by atoms with E-state index in [1.165, 1.54) is 7.11 Å². The van der Waals surface area contributed by atoms with Gasteiger partial charge in [0.15, 0.2) is 0 Å². The van der Waals surface area contributed by atoms with Gasteiger partial charge >= 0.3 is 0 Å². The first-order valence-electron chi connectivity index (χ1n) is 6.30. The molecule has 20 heavy (non-hydrogen) atoms. The van der Waals surface area contributed by atoms with Crippen molar-refractivity contribution in [2.75, 3.05) is 7.11 Å². The average Bonchev–Trinajstić information content (AvgIpc) is 2.42. The van der Waals surface area contributed by atoms with E-state index < -0.39 is 11.9 Å². The van der Waals surface area contributed by atoms with E-state index in [0.717, 1.165) is 5.56 Å². The molecular weight excluding hydrogens is 260 g/mol. The van der Waals surface area contributed by atoms with E-state index in [0.29, 0.717) is 17.7 Å². The molecule has 0 bridgehead atoms. The zero-order chi connectivity index (χ0) is 14.7. The molecule has 1 aromatic rings. The Balaban J connectivity index is 2.08. The second kappa shape index (κ2) is 5.73. The van der Waals surface area contributed by atoms with Crippen LogP contribution in [0.1, 0.15) is 28.8 Å². The molecule has 1 aliphatic heterocycles. The number of aryl methyl sites for hydroxylation is 1. The number of piperidine rings is 1. The fourth-order valence-corrected chi connectivity index (χ4v) is 2.03. The van der Waals surface area contributed by atoms with Gasteiger partial charge in [0.05, 0.1) is 7.11 Å². The molecule has 1 saturated heterocycles. The fourth-order valence-electron chi connectivity index (χ4n) is 2.03. The predicted molar refractivity (Wildman–Crippen MR) is 71.4 cm³/mol. The lowest BCUT2D eigenvalue weighted by atomic mass is 10.0. The molecule has 6 nitrogen and oxygen atoms in total. The molecule has 3 amide bonds. The summed E-state index contributed by atoms with van der Waals surface area (Å²) >= 11 is 0. The van der Waals surface area contributed by atoms with Crippen molar-refractivity contribution >= 4 is 17.7 Å². The van der Waals surface area contributed by atoms with E-state index in [1.54, 1.807) is 18.2 Å². The van der Waals surface area contributed by atoms with Gasteiger partial charge in [0, 0.05) is 12.0 Å². The van der Waals surface area contributed by atoms with Crippen LogP contribution in [0.25, 0.3) is 0 Å². The van der Waals surface area contributed by atoms with Crippen LogP contribution >= 0.6 is 0 Å². The molecule has 1 fully saturated rings. The van der Waals surface area contributed by atoms with Crippen LogP contribution in [0.15, 0.2) is 18.2 Å². The van der Waals surface area contributed by atoms with E-state index in [1.807, 2.05) is 6.92 Å². The molecule has 6 heteroatoms. The van der Waals surface area contributed by atoms with Gasteiger partial charge in [0.1, 0.15) is 11.8 Å². The Kier molecular flexibility index (Phi) is 4.02. The first-order valence-corrected chi connectivity index (χ1v) is 6.30. The molecule has 106 valence electrons. The first-order chi connectivity index (χ1) is 9.51. The Hall–Kier alpha value is -2.37. The van der Waals surface area contributed by atoms with Crippen LogP contribution in [0, 0.1) is 6.92 Å². The van der Waals surface area contributed by atoms with Gasteiger partial charge in [-0.25, -0.2) is 0 Å². The number of amides is 3. The van der Waals surface area contributed by atoms with E-state index in [-0.39, 0.29) is 18.2 Å². The Morgan fingerprint density at radius 1 is 1.40 bits per heavy atom. The Morgan fingerprint density at radius 2 is 2.15 bits per heavy atom. The third kappa shape index (κ3) is 2.96. The Labute approximate surface area is 116 Å². The van der Waals surface area contributed by atoms with Gasteiger partial charge < -0.3 is 10.1 Å². The molecule has 1 aromatic carbocycles. The van der Waals surface area contributed by atoms with Gasteiger partial charge in [-0.2, -0.15) is 0 Å². The number of carbonyl (C=O) groups is 3. The monoisotopic (exact) mass is 276 g/mol. The summed E-state index contributed by atoms with van der Waals surface area (Å²) in [7, 11) is 1.53. The number of hydrogen-bond acceptors (Lipinski definition) is 4. The topological polar surface area (TPSA) is 84.5 Å². The number of methoxy groups -OCH3 is 1. The quantitative estimate of drug-likeness (QED) is 0.789. The largest absolute Gasteiger partial charge is 0.496 e. The highest BCUT2D eigenvalue weighted by Crippen LogP contribution is 2.19. The number of hydrogen-bond donors (Lipinski definition) is 2. The molecular formula is C14H16N2O4. The van der Waals surface area contributed by atoms with Crippen molar-refractivity contribution in [2.45, 2.75) is 25.8 Å². The van der Waals surface area contributed by atoms with Gasteiger partial charge in [-0.05, 0) is 31.0 Å². The van der Waals surface area contributed by atoms with Gasteiger partial charge in [-0.15, -0.1) is 0 Å². The van der Waals surface area contributed by atoms with Crippen LogP contribution in [-0.4, -0.2) is 30.9 Å². The van der Waals surface area contributed by atoms with Gasteiger partial charge in [-0.3, -0.25) is 19.7 Å². The molecule has 0 radical (unpaired) electrons. The highest BCUT2D eigenvalue weighted by molar-refractivity contribution is 6.03. The normalized spacial score (nSPS) is 18.4. The first kappa shape index (κ1) is 14.0. The molecule has 2 rings (SSSR count). The Morgan fingerprint density at radius 3 is 2.80 bits per heavy atom. The lowest BCUT2D eigenvalue weighted by Crippen LogP contribution is -2.52. The second-order valence-corrected chi connectivity index (χ2v) is 4.66.